The second-order valence-electron chi connectivity index (χ2n) is 5.08. The lowest BCUT2D eigenvalue weighted by Gasteiger charge is -2.20. The molecule has 0 aromatic carbocycles. The Morgan fingerprint density at radius 1 is 1.10 bits per heavy atom. The third kappa shape index (κ3) is 6.36. The molecular weight excluding hydrogens is 302 g/mol. The summed E-state index contributed by atoms with van der Waals surface area (Å²) >= 11 is 0. The minimum absolute atomic E-state index is 0.229. The fraction of sp³-hybridized carbons (Fsp3) is 0.538. The van der Waals surface area contributed by atoms with Crippen LogP contribution in [-0.4, -0.2) is 13.1 Å². The zero-order valence-electron chi connectivity index (χ0n) is 12.9. The standard InChI is InChI=1S/C13H20NO2.ClHO4/c1-9-7-10(2)14(11(3)8-9)13(4,5)12(15)16-6;2-1(3,4)5/h7-8H,1-6H3;(H,2,3,4,5)/q+1;/p-1. The number of hydrogen-bond acceptors (Lipinski definition) is 6. The van der Waals surface area contributed by atoms with Gasteiger partial charge in [0, 0.05) is 39.8 Å². The topological polar surface area (TPSA) is 122 Å². The van der Waals surface area contributed by atoms with E-state index in [9.17, 15) is 4.79 Å². The number of rotatable bonds is 2. The molecule has 1 aromatic heterocycles. The van der Waals surface area contributed by atoms with Crippen LogP contribution in [-0.2, 0) is 15.1 Å². The number of methoxy groups -OCH3 is 1. The Hall–Kier alpha value is -1.25. The number of halogens is 1. The molecule has 0 saturated heterocycles. The summed E-state index contributed by atoms with van der Waals surface area (Å²) in [6.45, 7) is 9.80. The van der Waals surface area contributed by atoms with Gasteiger partial charge < -0.3 is 4.74 Å². The summed E-state index contributed by atoms with van der Waals surface area (Å²) in [6.07, 6.45) is 0. The summed E-state index contributed by atoms with van der Waals surface area (Å²) < 4.78 is 40.8. The molecule has 0 spiro atoms. The molecule has 7 nitrogen and oxygen atoms in total. The quantitative estimate of drug-likeness (QED) is 0.424. The highest BCUT2D eigenvalue weighted by atomic mass is 35.7. The first-order valence-electron chi connectivity index (χ1n) is 6.01. The molecule has 120 valence electrons. The maximum absolute atomic E-state index is 11.8. The van der Waals surface area contributed by atoms with Gasteiger partial charge in [-0.2, -0.15) is 4.57 Å². The van der Waals surface area contributed by atoms with E-state index in [0.29, 0.717) is 0 Å². The van der Waals surface area contributed by atoms with Crippen LogP contribution in [0.25, 0.3) is 0 Å². The van der Waals surface area contributed by atoms with Gasteiger partial charge in [-0.05, 0) is 12.5 Å². The monoisotopic (exact) mass is 321 g/mol. The number of nitrogens with zero attached hydrogens (tertiary/aromatic N) is 1. The van der Waals surface area contributed by atoms with Crippen molar-refractivity contribution in [3.63, 3.8) is 0 Å². The van der Waals surface area contributed by atoms with Crippen molar-refractivity contribution < 1.29 is 43.0 Å². The van der Waals surface area contributed by atoms with Crippen LogP contribution in [0.5, 0.6) is 0 Å². The van der Waals surface area contributed by atoms with Crippen LogP contribution >= 0.6 is 0 Å². The Labute approximate surface area is 126 Å². The van der Waals surface area contributed by atoms with Gasteiger partial charge in [0.2, 0.25) is 0 Å². The molecule has 21 heavy (non-hydrogen) atoms. The van der Waals surface area contributed by atoms with Crippen LogP contribution in [0.15, 0.2) is 12.1 Å². The minimum atomic E-state index is -4.94. The normalized spacial score (nSPS) is 11.5. The van der Waals surface area contributed by atoms with Crippen molar-refractivity contribution in [3.05, 3.63) is 29.1 Å². The third-order valence-electron chi connectivity index (χ3n) is 2.82. The van der Waals surface area contributed by atoms with Gasteiger partial charge in [0.1, 0.15) is 0 Å². The lowest BCUT2D eigenvalue weighted by Crippen LogP contribution is -2.68. The Morgan fingerprint density at radius 3 is 1.71 bits per heavy atom. The Balaban J connectivity index is 0.000000690. The maximum atomic E-state index is 11.8. The van der Waals surface area contributed by atoms with E-state index in [-0.39, 0.29) is 5.97 Å². The van der Waals surface area contributed by atoms with Crippen LogP contribution < -0.4 is 23.2 Å². The average Bonchev–Trinajstić information content (AvgIpc) is 2.23. The second-order valence-corrected chi connectivity index (χ2v) is 5.84. The molecule has 0 bridgehead atoms. The highest BCUT2D eigenvalue weighted by Crippen LogP contribution is 2.13. The smallest absolute Gasteiger partial charge is 0.378 e. The van der Waals surface area contributed by atoms with E-state index in [1.165, 1.54) is 12.7 Å². The molecule has 0 aliphatic rings. The van der Waals surface area contributed by atoms with Gasteiger partial charge in [-0.1, -0.05) is 0 Å². The first kappa shape index (κ1) is 19.8. The summed E-state index contributed by atoms with van der Waals surface area (Å²) in [5.74, 6) is -0.229. The van der Waals surface area contributed by atoms with E-state index < -0.39 is 15.8 Å². The highest BCUT2D eigenvalue weighted by molar-refractivity contribution is 5.75. The number of hydrogen-bond donors (Lipinski definition) is 0. The van der Waals surface area contributed by atoms with E-state index >= 15 is 0 Å². The molecule has 1 heterocycles. The van der Waals surface area contributed by atoms with Gasteiger partial charge in [0.25, 0.3) is 5.54 Å². The number of esters is 1. The number of aromatic nitrogens is 1. The summed E-state index contributed by atoms with van der Waals surface area (Å²) in [4.78, 5) is 11.8. The first-order chi connectivity index (χ1) is 9.30. The molecule has 0 radical (unpaired) electrons. The molecule has 8 heteroatoms. The van der Waals surface area contributed by atoms with E-state index in [1.54, 1.807) is 0 Å². The zero-order valence-corrected chi connectivity index (χ0v) is 13.7. The van der Waals surface area contributed by atoms with Crippen molar-refractivity contribution >= 4 is 5.97 Å². The van der Waals surface area contributed by atoms with Gasteiger partial charge in [-0.15, -0.1) is 10.2 Å². The zero-order chi connectivity index (χ0) is 17.0. The van der Waals surface area contributed by atoms with Crippen LogP contribution in [0.1, 0.15) is 30.8 Å². The van der Waals surface area contributed by atoms with Gasteiger partial charge in [0.15, 0.2) is 11.4 Å². The van der Waals surface area contributed by atoms with E-state index in [0.717, 1.165) is 11.4 Å². The first-order valence-corrected chi connectivity index (χ1v) is 7.24. The van der Waals surface area contributed by atoms with Gasteiger partial charge in [0.05, 0.1) is 7.11 Å². The van der Waals surface area contributed by atoms with E-state index in [2.05, 4.69) is 19.1 Å². The number of carbonyl (C=O) groups excluding carboxylic acids is 1. The summed E-state index contributed by atoms with van der Waals surface area (Å²) in [5.41, 5.74) is 2.66. The molecule has 0 aliphatic heterocycles. The van der Waals surface area contributed by atoms with Crippen LogP contribution in [0.4, 0.5) is 0 Å². The van der Waals surface area contributed by atoms with Crippen molar-refractivity contribution in [2.24, 2.45) is 0 Å². The maximum Gasteiger partial charge on any atom is 0.378 e. The van der Waals surface area contributed by atoms with Crippen LogP contribution in [0.2, 0.25) is 0 Å². The van der Waals surface area contributed by atoms with Crippen LogP contribution in [0, 0.1) is 31.0 Å². The molecule has 0 aliphatic carbocycles. The lowest BCUT2D eigenvalue weighted by molar-refractivity contribution is -2.00. The SMILES string of the molecule is COC(=O)C(C)(C)[n+]1c(C)cc(C)cc1C.[O-][Cl+3]([O-])([O-])[O-]. The van der Waals surface area contributed by atoms with E-state index in [4.69, 9.17) is 23.4 Å². The number of carbonyl (C=O) groups is 1. The summed E-state index contributed by atoms with van der Waals surface area (Å²) in [5, 5.41) is 0. The Morgan fingerprint density at radius 2 is 1.43 bits per heavy atom. The molecule has 0 saturated carbocycles. The summed E-state index contributed by atoms with van der Waals surface area (Å²) in [7, 11) is -3.52. The van der Waals surface area contributed by atoms with E-state index in [1.807, 2.05) is 32.3 Å². The molecule has 0 N–H and O–H groups in total. The Bertz CT molecular complexity index is 481. The molecule has 0 fully saturated rings. The predicted molar refractivity (Wildman–Crippen MR) is 62.2 cm³/mol. The average molecular weight is 322 g/mol. The van der Waals surface area contributed by atoms with Crippen LogP contribution in [0.3, 0.4) is 0 Å². The number of aryl methyl sites for hydroxylation is 3. The third-order valence-corrected chi connectivity index (χ3v) is 2.82. The summed E-state index contributed by atoms with van der Waals surface area (Å²) in [6, 6.07) is 4.13. The van der Waals surface area contributed by atoms with Gasteiger partial charge in [-0.3, -0.25) is 0 Å². The molecular formula is C13H20ClNO6. The van der Waals surface area contributed by atoms with Crippen molar-refractivity contribution in [3.8, 4) is 0 Å². The fourth-order valence-corrected chi connectivity index (χ4v) is 2.33. The van der Waals surface area contributed by atoms with Crippen molar-refractivity contribution in [2.75, 3.05) is 7.11 Å². The molecule has 1 rings (SSSR count). The molecule has 0 unspecified atom stereocenters. The van der Waals surface area contributed by atoms with Crippen molar-refractivity contribution in [2.45, 2.75) is 40.2 Å². The largest absolute Gasteiger partial charge is 0.464 e. The molecule has 1 aromatic rings. The molecule has 0 atom stereocenters. The number of pyridine rings is 1. The highest BCUT2D eigenvalue weighted by Gasteiger charge is 2.41. The van der Waals surface area contributed by atoms with Crippen molar-refractivity contribution in [1.29, 1.82) is 0 Å². The second kappa shape index (κ2) is 7.15. The lowest BCUT2D eigenvalue weighted by atomic mass is 10.0. The predicted octanol–water partition coefficient (Wildman–Crippen LogP) is -2.95. The fourth-order valence-electron chi connectivity index (χ4n) is 2.33. The van der Waals surface area contributed by atoms with Gasteiger partial charge >= 0.3 is 5.97 Å². The molecule has 0 amide bonds. The van der Waals surface area contributed by atoms with Crippen molar-refractivity contribution in [1.82, 2.24) is 0 Å². The Kier molecular flexibility index (Phi) is 6.72. The minimum Gasteiger partial charge on any atom is -0.464 e. The number of ether oxygens (including phenoxy) is 1. The van der Waals surface area contributed by atoms with Gasteiger partial charge in [-0.25, -0.2) is 23.4 Å².